The summed E-state index contributed by atoms with van der Waals surface area (Å²) in [6.45, 7) is 5.08. The maximum atomic E-state index is 12.3. The highest BCUT2D eigenvalue weighted by Crippen LogP contribution is 2.21. The van der Waals surface area contributed by atoms with Crippen LogP contribution in [0, 0.1) is 0 Å². The van der Waals surface area contributed by atoms with E-state index in [0.29, 0.717) is 39.0 Å². The van der Waals surface area contributed by atoms with Crippen LogP contribution in [-0.4, -0.2) is 53.7 Å². The van der Waals surface area contributed by atoms with Gasteiger partial charge in [-0.25, -0.2) is 0 Å². The first-order valence-corrected chi connectivity index (χ1v) is 8.42. The van der Waals surface area contributed by atoms with Gasteiger partial charge in [0.1, 0.15) is 5.75 Å². The van der Waals surface area contributed by atoms with Gasteiger partial charge in [-0.15, -0.1) is 0 Å². The summed E-state index contributed by atoms with van der Waals surface area (Å²) in [7, 11) is 0. The Morgan fingerprint density at radius 1 is 1.42 bits per heavy atom. The largest absolute Gasteiger partial charge is 0.494 e. The average molecular weight is 334 g/mol. The van der Waals surface area contributed by atoms with E-state index in [4.69, 9.17) is 4.74 Å². The van der Waals surface area contributed by atoms with Crippen LogP contribution in [0.5, 0.6) is 5.75 Å². The lowest BCUT2D eigenvalue weighted by Crippen LogP contribution is -2.58. The van der Waals surface area contributed by atoms with Crippen molar-refractivity contribution in [3.63, 3.8) is 0 Å². The number of carbonyl (C=O) groups is 2. The maximum absolute atomic E-state index is 12.3. The van der Waals surface area contributed by atoms with Crippen LogP contribution in [0.15, 0.2) is 24.3 Å². The summed E-state index contributed by atoms with van der Waals surface area (Å²) < 4.78 is 5.45. The lowest BCUT2D eigenvalue weighted by Gasteiger charge is -2.37. The van der Waals surface area contributed by atoms with E-state index in [1.807, 2.05) is 31.2 Å². The van der Waals surface area contributed by atoms with E-state index < -0.39 is 11.5 Å². The van der Waals surface area contributed by atoms with E-state index in [9.17, 15) is 14.7 Å². The Bertz CT molecular complexity index is 590. The monoisotopic (exact) mass is 334 g/mol. The van der Waals surface area contributed by atoms with Crippen molar-refractivity contribution in [2.45, 2.75) is 38.7 Å². The molecule has 1 heterocycles. The van der Waals surface area contributed by atoms with Crippen LogP contribution in [0.3, 0.4) is 0 Å². The number of β-amino-alcohol motifs (C(OH)–C–C–N with tert-alkyl or cyclic N) is 1. The topological polar surface area (TPSA) is 78.9 Å². The highest BCUT2D eigenvalue weighted by atomic mass is 16.5. The molecule has 0 radical (unpaired) electrons. The predicted molar refractivity (Wildman–Crippen MR) is 90.8 cm³/mol. The van der Waals surface area contributed by atoms with Crippen molar-refractivity contribution in [3.8, 4) is 5.75 Å². The molecule has 1 unspecified atom stereocenters. The van der Waals surface area contributed by atoms with Crippen molar-refractivity contribution in [2.24, 2.45) is 0 Å². The SMILES string of the molecule is CCOc1cccc(CCNC(=O)C2(O)CCCN(C(C)=O)C2)c1. The Morgan fingerprint density at radius 3 is 2.92 bits per heavy atom. The maximum Gasteiger partial charge on any atom is 0.253 e. The third kappa shape index (κ3) is 4.71. The molecule has 1 atom stereocenters. The minimum Gasteiger partial charge on any atom is -0.494 e. The van der Waals surface area contributed by atoms with Gasteiger partial charge in [-0.2, -0.15) is 0 Å². The molecule has 0 saturated carbocycles. The van der Waals surface area contributed by atoms with E-state index in [0.717, 1.165) is 11.3 Å². The Morgan fingerprint density at radius 2 is 2.21 bits per heavy atom. The summed E-state index contributed by atoms with van der Waals surface area (Å²) in [5.74, 6) is 0.285. The number of nitrogens with zero attached hydrogens (tertiary/aromatic N) is 1. The number of likely N-dealkylation sites (tertiary alicyclic amines) is 1. The Kier molecular flexibility index (Phi) is 6.20. The molecule has 6 nitrogen and oxygen atoms in total. The van der Waals surface area contributed by atoms with Crippen LogP contribution < -0.4 is 10.1 Å². The Balaban J connectivity index is 1.86. The van der Waals surface area contributed by atoms with Crippen molar-refractivity contribution >= 4 is 11.8 Å². The van der Waals surface area contributed by atoms with Crippen LogP contribution in [0.1, 0.15) is 32.3 Å². The third-order valence-corrected chi connectivity index (χ3v) is 4.25. The van der Waals surface area contributed by atoms with Crippen molar-refractivity contribution in [1.82, 2.24) is 10.2 Å². The normalized spacial score (nSPS) is 20.5. The molecule has 1 aromatic carbocycles. The van der Waals surface area contributed by atoms with Gasteiger partial charge < -0.3 is 20.1 Å². The van der Waals surface area contributed by atoms with Gasteiger partial charge in [0.25, 0.3) is 5.91 Å². The molecular formula is C18H26N2O4. The summed E-state index contributed by atoms with van der Waals surface area (Å²) in [5, 5.41) is 13.3. The smallest absolute Gasteiger partial charge is 0.253 e. The third-order valence-electron chi connectivity index (χ3n) is 4.25. The average Bonchev–Trinajstić information content (AvgIpc) is 2.55. The van der Waals surface area contributed by atoms with E-state index in [2.05, 4.69) is 5.32 Å². The van der Waals surface area contributed by atoms with Gasteiger partial charge in [0.2, 0.25) is 5.91 Å². The number of ether oxygens (including phenoxy) is 1. The molecule has 1 fully saturated rings. The summed E-state index contributed by atoms with van der Waals surface area (Å²) in [6, 6.07) is 7.73. The van der Waals surface area contributed by atoms with Crippen molar-refractivity contribution in [1.29, 1.82) is 0 Å². The van der Waals surface area contributed by atoms with Gasteiger partial charge in [-0.05, 0) is 43.9 Å². The second kappa shape index (κ2) is 8.15. The van der Waals surface area contributed by atoms with Crippen LogP contribution in [-0.2, 0) is 16.0 Å². The van der Waals surface area contributed by atoms with E-state index >= 15 is 0 Å². The fraction of sp³-hybridized carbons (Fsp3) is 0.556. The van der Waals surface area contributed by atoms with Gasteiger partial charge >= 0.3 is 0 Å². The van der Waals surface area contributed by atoms with Crippen molar-refractivity contribution in [2.75, 3.05) is 26.2 Å². The number of piperidine rings is 1. The number of benzene rings is 1. The number of aliphatic hydroxyl groups is 1. The number of nitrogens with one attached hydrogen (secondary N) is 1. The predicted octanol–water partition coefficient (Wildman–Crippen LogP) is 1.12. The minimum absolute atomic E-state index is 0.0635. The molecule has 0 bridgehead atoms. The van der Waals surface area contributed by atoms with Gasteiger partial charge in [-0.3, -0.25) is 9.59 Å². The summed E-state index contributed by atoms with van der Waals surface area (Å²) in [4.78, 5) is 25.3. The summed E-state index contributed by atoms with van der Waals surface area (Å²) >= 11 is 0. The zero-order valence-electron chi connectivity index (χ0n) is 14.4. The molecule has 1 aliphatic heterocycles. The van der Waals surface area contributed by atoms with Crippen molar-refractivity contribution < 1.29 is 19.4 Å². The van der Waals surface area contributed by atoms with Gasteiger partial charge in [0.15, 0.2) is 5.60 Å². The first kappa shape index (κ1) is 18.3. The molecule has 1 aliphatic rings. The second-order valence-corrected chi connectivity index (χ2v) is 6.16. The molecule has 2 amide bonds. The standard InChI is InChI=1S/C18H26N2O4/c1-3-24-16-7-4-6-15(12-16)8-10-19-17(22)18(23)9-5-11-20(13-18)14(2)21/h4,6-7,12,23H,3,5,8-11,13H2,1-2H3,(H,19,22). The lowest BCUT2D eigenvalue weighted by atomic mass is 9.91. The highest BCUT2D eigenvalue weighted by Gasteiger charge is 2.40. The van der Waals surface area contributed by atoms with Crippen LogP contribution in [0.4, 0.5) is 0 Å². The number of rotatable bonds is 6. The fourth-order valence-electron chi connectivity index (χ4n) is 2.93. The van der Waals surface area contributed by atoms with Gasteiger partial charge in [0, 0.05) is 20.0 Å². The second-order valence-electron chi connectivity index (χ2n) is 6.16. The zero-order chi connectivity index (χ0) is 17.6. The number of carbonyl (C=O) groups excluding carboxylic acids is 2. The first-order chi connectivity index (χ1) is 11.4. The van der Waals surface area contributed by atoms with Crippen LogP contribution in [0.25, 0.3) is 0 Å². The molecule has 2 N–H and O–H groups in total. The first-order valence-electron chi connectivity index (χ1n) is 8.42. The molecule has 0 aromatic heterocycles. The fourth-order valence-corrected chi connectivity index (χ4v) is 2.93. The highest BCUT2D eigenvalue weighted by molar-refractivity contribution is 5.86. The quantitative estimate of drug-likeness (QED) is 0.817. The van der Waals surface area contributed by atoms with Crippen LogP contribution >= 0.6 is 0 Å². The molecular weight excluding hydrogens is 308 g/mol. The molecule has 1 saturated heterocycles. The van der Waals surface area contributed by atoms with E-state index in [-0.39, 0.29) is 12.5 Å². The van der Waals surface area contributed by atoms with Crippen molar-refractivity contribution in [3.05, 3.63) is 29.8 Å². The number of hydrogen-bond donors (Lipinski definition) is 2. The molecule has 0 spiro atoms. The molecule has 2 rings (SSSR count). The molecule has 0 aliphatic carbocycles. The molecule has 1 aromatic rings. The Labute approximate surface area is 142 Å². The Hall–Kier alpha value is -2.08. The lowest BCUT2D eigenvalue weighted by molar-refractivity contribution is -0.150. The molecule has 24 heavy (non-hydrogen) atoms. The van der Waals surface area contributed by atoms with Crippen LogP contribution in [0.2, 0.25) is 0 Å². The summed E-state index contributed by atoms with van der Waals surface area (Å²) in [6.07, 6.45) is 1.65. The zero-order valence-corrected chi connectivity index (χ0v) is 14.4. The minimum atomic E-state index is -1.49. The number of amides is 2. The molecule has 132 valence electrons. The number of hydrogen-bond acceptors (Lipinski definition) is 4. The van der Waals surface area contributed by atoms with E-state index in [1.54, 1.807) is 0 Å². The van der Waals surface area contributed by atoms with Gasteiger partial charge in [0.05, 0.1) is 13.2 Å². The van der Waals surface area contributed by atoms with E-state index in [1.165, 1.54) is 11.8 Å². The summed E-state index contributed by atoms with van der Waals surface area (Å²) in [5.41, 5.74) is -0.431. The van der Waals surface area contributed by atoms with Gasteiger partial charge in [-0.1, -0.05) is 12.1 Å². The molecule has 6 heteroatoms.